The summed E-state index contributed by atoms with van der Waals surface area (Å²) in [6.07, 6.45) is 1.59. The van der Waals surface area contributed by atoms with E-state index in [1.807, 2.05) is 0 Å². The first-order chi connectivity index (χ1) is 9.27. The average molecular weight is 314 g/mol. The number of aromatic nitrogens is 1. The third-order valence-electron chi connectivity index (χ3n) is 2.62. The number of anilines is 1. The normalized spacial score (nSPS) is 11.3. The molecule has 0 saturated heterocycles. The van der Waals surface area contributed by atoms with E-state index in [4.69, 9.17) is 16.7 Å². The zero-order valence-corrected chi connectivity index (χ0v) is 12.1. The lowest BCUT2D eigenvalue weighted by molar-refractivity contribution is 0.101. The van der Waals surface area contributed by atoms with Crippen LogP contribution in [0.5, 0.6) is 0 Å². The highest BCUT2D eigenvalue weighted by Gasteiger charge is 2.13. The molecule has 1 amide bonds. The van der Waals surface area contributed by atoms with Crippen molar-refractivity contribution in [1.29, 1.82) is 0 Å². The first-order valence-electron chi connectivity index (χ1n) is 5.53. The van der Waals surface area contributed by atoms with Gasteiger partial charge in [-0.25, -0.2) is 13.6 Å². The lowest BCUT2D eigenvalue weighted by Crippen LogP contribution is -2.16. The van der Waals surface area contributed by atoms with E-state index < -0.39 is 15.9 Å². The van der Waals surface area contributed by atoms with Crippen LogP contribution in [0.1, 0.15) is 10.5 Å². The van der Waals surface area contributed by atoms with Crippen LogP contribution in [0.2, 0.25) is 5.02 Å². The molecule has 0 aliphatic heterocycles. The molecule has 0 atom stereocenters. The summed E-state index contributed by atoms with van der Waals surface area (Å²) in [6.45, 7) is 0. The molecule has 1 heterocycles. The smallest absolute Gasteiger partial charge is 0.272 e. The van der Waals surface area contributed by atoms with Gasteiger partial charge in [0.1, 0.15) is 5.69 Å². The van der Waals surface area contributed by atoms with Crippen molar-refractivity contribution in [1.82, 2.24) is 4.57 Å². The second-order valence-corrected chi connectivity index (χ2v) is 6.18. The van der Waals surface area contributed by atoms with Crippen LogP contribution in [0.15, 0.2) is 41.4 Å². The summed E-state index contributed by atoms with van der Waals surface area (Å²) in [5.74, 6) is -0.397. The van der Waals surface area contributed by atoms with Crippen LogP contribution in [0.4, 0.5) is 5.69 Å². The van der Waals surface area contributed by atoms with Gasteiger partial charge in [-0.3, -0.25) is 4.79 Å². The molecular formula is C12H12ClN3O3S. The molecule has 8 heteroatoms. The topological polar surface area (TPSA) is 94.2 Å². The molecule has 0 aliphatic rings. The Balaban J connectivity index is 2.27. The lowest BCUT2D eigenvalue weighted by Gasteiger charge is -2.07. The van der Waals surface area contributed by atoms with E-state index in [0.29, 0.717) is 16.4 Å². The Hall–Kier alpha value is -1.83. The van der Waals surface area contributed by atoms with Crippen molar-refractivity contribution in [3.63, 3.8) is 0 Å². The molecular weight excluding hydrogens is 302 g/mol. The Morgan fingerprint density at radius 2 is 2.05 bits per heavy atom. The minimum absolute atomic E-state index is 0.0692. The molecule has 2 rings (SSSR count). The van der Waals surface area contributed by atoms with Crippen molar-refractivity contribution in [2.24, 2.45) is 12.2 Å². The van der Waals surface area contributed by atoms with Gasteiger partial charge < -0.3 is 9.88 Å². The van der Waals surface area contributed by atoms with E-state index in [1.165, 1.54) is 24.3 Å². The van der Waals surface area contributed by atoms with Gasteiger partial charge in [-0.1, -0.05) is 17.7 Å². The van der Waals surface area contributed by atoms with Crippen LogP contribution in [-0.2, 0) is 17.1 Å². The van der Waals surface area contributed by atoms with Crippen LogP contribution >= 0.6 is 11.6 Å². The molecule has 20 heavy (non-hydrogen) atoms. The highest BCUT2D eigenvalue weighted by molar-refractivity contribution is 7.89. The van der Waals surface area contributed by atoms with Gasteiger partial charge >= 0.3 is 0 Å². The highest BCUT2D eigenvalue weighted by Crippen LogP contribution is 2.17. The van der Waals surface area contributed by atoms with Gasteiger partial charge in [0, 0.05) is 18.9 Å². The third kappa shape index (κ3) is 3.19. The molecule has 1 aromatic carbocycles. The van der Waals surface area contributed by atoms with E-state index in [0.717, 1.165) is 0 Å². The van der Waals surface area contributed by atoms with Crippen molar-refractivity contribution in [2.75, 3.05) is 5.32 Å². The van der Waals surface area contributed by atoms with Gasteiger partial charge in [0.05, 0.1) is 9.92 Å². The van der Waals surface area contributed by atoms with Crippen LogP contribution in [0.25, 0.3) is 0 Å². The first-order valence-corrected chi connectivity index (χ1v) is 7.46. The lowest BCUT2D eigenvalue weighted by atomic mass is 10.3. The van der Waals surface area contributed by atoms with Gasteiger partial charge in [-0.2, -0.15) is 0 Å². The predicted octanol–water partition coefficient (Wildman–Crippen LogP) is 1.58. The SMILES string of the molecule is Cn1cc(Cl)cc1C(=O)Nc1cccc(S(N)(=O)=O)c1. The van der Waals surface area contributed by atoms with Crippen LogP contribution in [0, 0.1) is 0 Å². The van der Waals surface area contributed by atoms with E-state index >= 15 is 0 Å². The minimum Gasteiger partial charge on any atom is -0.345 e. The van der Waals surface area contributed by atoms with Crippen molar-refractivity contribution in [2.45, 2.75) is 4.90 Å². The summed E-state index contributed by atoms with van der Waals surface area (Å²) in [5.41, 5.74) is 0.690. The Bertz CT molecular complexity index is 768. The standard InChI is InChI=1S/C12H12ClN3O3S/c1-16-7-8(13)5-11(16)12(17)15-9-3-2-4-10(6-9)20(14,18)19/h2-7H,1H3,(H,15,17)(H2,14,18,19). The second-order valence-electron chi connectivity index (χ2n) is 4.18. The zero-order valence-electron chi connectivity index (χ0n) is 10.5. The molecule has 0 spiro atoms. The Morgan fingerprint density at radius 3 is 2.60 bits per heavy atom. The van der Waals surface area contributed by atoms with E-state index in [2.05, 4.69) is 5.32 Å². The fourth-order valence-electron chi connectivity index (χ4n) is 1.70. The summed E-state index contributed by atoms with van der Waals surface area (Å²) in [4.78, 5) is 12.0. The van der Waals surface area contributed by atoms with Gasteiger partial charge in [0.25, 0.3) is 5.91 Å². The summed E-state index contributed by atoms with van der Waals surface area (Å²) < 4.78 is 24.1. The maximum atomic E-state index is 12.0. The number of hydrogen-bond acceptors (Lipinski definition) is 3. The zero-order chi connectivity index (χ0) is 14.9. The van der Waals surface area contributed by atoms with Crippen LogP contribution < -0.4 is 10.5 Å². The molecule has 0 bridgehead atoms. The number of nitrogens with two attached hydrogens (primary N) is 1. The monoisotopic (exact) mass is 313 g/mol. The predicted molar refractivity (Wildman–Crippen MR) is 76.2 cm³/mol. The van der Waals surface area contributed by atoms with Crippen LogP contribution in [-0.4, -0.2) is 18.9 Å². The van der Waals surface area contributed by atoms with Crippen LogP contribution in [0.3, 0.4) is 0 Å². The fourth-order valence-corrected chi connectivity index (χ4v) is 2.51. The second kappa shape index (κ2) is 5.28. The Labute approximate surface area is 121 Å². The van der Waals surface area contributed by atoms with Crippen molar-refractivity contribution >= 4 is 33.2 Å². The van der Waals surface area contributed by atoms with E-state index in [-0.39, 0.29) is 4.90 Å². The number of primary sulfonamides is 1. The quantitative estimate of drug-likeness (QED) is 0.900. The minimum atomic E-state index is -3.81. The number of benzene rings is 1. The van der Waals surface area contributed by atoms with Crippen molar-refractivity contribution < 1.29 is 13.2 Å². The fraction of sp³-hybridized carbons (Fsp3) is 0.0833. The molecule has 0 fully saturated rings. The summed E-state index contributed by atoms with van der Waals surface area (Å²) in [7, 11) is -2.13. The van der Waals surface area contributed by atoms with E-state index in [1.54, 1.807) is 23.9 Å². The summed E-state index contributed by atoms with van der Waals surface area (Å²) >= 11 is 5.80. The van der Waals surface area contributed by atoms with Gasteiger partial charge in [0.15, 0.2) is 0 Å². The molecule has 2 aromatic rings. The molecule has 0 aliphatic carbocycles. The molecule has 0 saturated carbocycles. The number of nitrogens with zero attached hydrogens (tertiary/aromatic N) is 1. The maximum Gasteiger partial charge on any atom is 0.272 e. The number of halogens is 1. The van der Waals surface area contributed by atoms with Crippen molar-refractivity contribution in [3.8, 4) is 0 Å². The molecule has 6 nitrogen and oxygen atoms in total. The molecule has 0 unspecified atom stereocenters. The number of rotatable bonds is 3. The van der Waals surface area contributed by atoms with Gasteiger partial charge in [0.2, 0.25) is 10.0 Å². The van der Waals surface area contributed by atoms with Crippen molar-refractivity contribution in [3.05, 3.63) is 47.2 Å². The third-order valence-corrected chi connectivity index (χ3v) is 3.74. The Morgan fingerprint density at radius 1 is 1.35 bits per heavy atom. The molecule has 106 valence electrons. The molecule has 1 aromatic heterocycles. The number of hydrogen-bond donors (Lipinski definition) is 2. The highest BCUT2D eigenvalue weighted by atomic mass is 35.5. The maximum absolute atomic E-state index is 12.0. The molecule has 0 radical (unpaired) electrons. The number of aryl methyl sites for hydroxylation is 1. The number of carbonyl (C=O) groups is 1. The van der Waals surface area contributed by atoms with E-state index in [9.17, 15) is 13.2 Å². The number of amides is 1. The number of sulfonamides is 1. The first kappa shape index (κ1) is 14.6. The summed E-state index contributed by atoms with van der Waals surface area (Å²) in [6, 6.07) is 7.22. The summed E-state index contributed by atoms with van der Waals surface area (Å²) in [5, 5.41) is 8.06. The van der Waals surface area contributed by atoms with Gasteiger partial charge in [-0.15, -0.1) is 0 Å². The number of carbonyl (C=O) groups excluding carboxylic acids is 1. The average Bonchev–Trinajstić information content (AvgIpc) is 2.68. The Kier molecular flexibility index (Phi) is 3.85. The van der Waals surface area contributed by atoms with Gasteiger partial charge in [-0.05, 0) is 24.3 Å². The largest absolute Gasteiger partial charge is 0.345 e. The molecule has 3 N–H and O–H groups in total. The number of nitrogens with one attached hydrogen (secondary N) is 1.